The van der Waals surface area contributed by atoms with Crippen LogP contribution in [0.4, 0.5) is 11.4 Å². The van der Waals surface area contributed by atoms with Gasteiger partial charge in [-0.25, -0.2) is 0 Å². The van der Waals surface area contributed by atoms with Gasteiger partial charge < -0.3 is 50.7 Å². The van der Waals surface area contributed by atoms with Crippen molar-refractivity contribution in [3.8, 4) is 0 Å². The van der Waals surface area contributed by atoms with Crippen molar-refractivity contribution < 1.29 is 40.1 Å². The third-order valence-electron chi connectivity index (χ3n) is 5.04. The maximum absolute atomic E-state index is 9.87. The highest BCUT2D eigenvalue weighted by atomic mass is 16.5. The van der Waals surface area contributed by atoms with E-state index in [1.807, 2.05) is 0 Å². The summed E-state index contributed by atoms with van der Waals surface area (Å²) < 4.78 is 11.1. The number of rotatable bonds is 6. The standard InChI is InChI=1S/C18H28N2O8/c21-7-13-17(25)11(23)5-15(27-13)19-9-1-2-10(4-3-9)20-16-6-12(24)18(26)14(8-22)28-16/h1-4,11-26H,5-8H2/t11-,12-,13-,14-,15-,16-,17-,18-/m0/s1. The van der Waals surface area contributed by atoms with E-state index in [0.29, 0.717) is 11.4 Å². The van der Waals surface area contributed by atoms with Crippen LogP contribution in [-0.4, -0.2) is 92.9 Å². The highest BCUT2D eigenvalue weighted by Gasteiger charge is 2.37. The molecule has 0 saturated carbocycles. The number of hydrogen-bond acceptors (Lipinski definition) is 10. The van der Waals surface area contributed by atoms with Crippen LogP contribution in [0.2, 0.25) is 0 Å². The fraction of sp³-hybridized carbons (Fsp3) is 0.667. The highest BCUT2D eigenvalue weighted by Crippen LogP contribution is 2.25. The third kappa shape index (κ3) is 4.91. The lowest BCUT2D eigenvalue weighted by Crippen LogP contribution is -2.51. The van der Waals surface area contributed by atoms with Crippen LogP contribution in [0.5, 0.6) is 0 Å². The molecule has 10 nitrogen and oxygen atoms in total. The van der Waals surface area contributed by atoms with Gasteiger partial charge in [-0.1, -0.05) is 0 Å². The molecule has 3 rings (SSSR count). The zero-order chi connectivity index (χ0) is 20.3. The first-order valence-electron chi connectivity index (χ1n) is 9.29. The molecule has 0 spiro atoms. The maximum Gasteiger partial charge on any atom is 0.130 e. The molecule has 8 atom stereocenters. The van der Waals surface area contributed by atoms with Crippen molar-refractivity contribution in [2.75, 3.05) is 23.8 Å². The number of nitrogens with one attached hydrogen (secondary N) is 2. The van der Waals surface area contributed by atoms with Gasteiger partial charge in [0, 0.05) is 24.2 Å². The second-order valence-electron chi connectivity index (χ2n) is 7.14. The largest absolute Gasteiger partial charge is 0.394 e. The summed E-state index contributed by atoms with van der Waals surface area (Å²) >= 11 is 0. The van der Waals surface area contributed by atoms with E-state index in [1.54, 1.807) is 24.3 Å². The molecule has 2 saturated heterocycles. The maximum atomic E-state index is 9.87. The van der Waals surface area contributed by atoms with Gasteiger partial charge in [0.25, 0.3) is 0 Å². The van der Waals surface area contributed by atoms with Gasteiger partial charge in [-0.3, -0.25) is 0 Å². The van der Waals surface area contributed by atoms with Gasteiger partial charge in [-0.05, 0) is 24.3 Å². The predicted octanol–water partition coefficient (Wildman–Crippen LogP) is -1.83. The van der Waals surface area contributed by atoms with Gasteiger partial charge in [0.1, 0.15) is 36.9 Å². The average Bonchev–Trinajstić information content (AvgIpc) is 2.68. The molecule has 10 heteroatoms. The molecule has 0 unspecified atom stereocenters. The Hall–Kier alpha value is -1.50. The van der Waals surface area contributed by atoms with Crippen molar-refractivity contribution >= 4 is 11.4 Å². The SMILES string of the molecule is OC[C@@H]1O[C@H](Nc2ccc(N[C@@H]3C[C@H](O)[C@H](O)[C@H](CO)O3)cc2)C[C@H](O)[C@@H]1O. The van der Waals surface area contributed by atoms with Crippen molar-refractivity contribution in [1.82, 2.24) is 0 Å². The summed E-state index contributed by atoms with van der Waals surface area (Å²) in [6, 6.07) is 7.09. The zero-order valence-corrected chi connectivity index (χ0v) is 15.3. The third-order valence-corrected chi connectivity index (χ3v) is 5.04. The summed E-state index contributed by atoms with van der Waals surface area (Å²) in [5.41, 5.74) is 1.42. The number of aliphatic hydroxyl groups is 6. The van der Waals surface area contributed by atoms with E-state index in [2.05, 4.69) is 10.6 Å². The predicted molar refractivity (Wildman–Crippen MR) is 98.4 cm³/mol. The van der Waals surface area contributed by atoms with Gasteiger partial charge in [-0.15, -0.1) is 0 Å². The van der Waals surface area contributed by atoms with E-state index in [4.69, 9.17) is 9.47 Å². The van der Waals surface area contributed by atoms with E-state index in [1.165, 1.54) is 0 Å². The molecule has 8 N–H and O–H groups in total. The number of benzene rings is 1. The lowest BCUT2D eigenvalue weighted by atomic mass is 10.0. The number of ether oxygens (including phenoxy) is 2. The molecule has 2 aliphatic heterocycles. The minimum absolute atomic E-state index is 0.177. The molecule has 28 heavy (non-hydrogen) atoms. The molecule has 0 radical (unpaired) electrons. The fourth-order valence-corrected chi connectivity index (χ4v) is 3.43. The van der Waals surface area contributed by atoms with Crippen LogP contribution < -0.4 is 10.6 Å². The Morgan fingerprint density at radius 2 is 1.07 bits per heavy atom. The first kappa shape index (κ1) is 21.2. The molecular formula is C18H28N2O8. The van der Waals surface area contributed by atoms with Gasteiger partial charge in [-0.2, -0.15) is 0 Å². The van der Waals surface area contributed by atoms with Crippen LogP contribution in [-0.2, 0) is 9.47 Å². The molecule has 0 aliphatic carbocycles. The van der Waals surface area contributed by atoms with Crippen molar-refractivity contribution in [3.05, 3.63) is 24.3 Å². The molecular weight excluding hydrogens is 372 g/mol. The summed E-state index contributed by atoms with van der Waals surface area (Å²) in [5, 5.41) is 63.9. The van der Waals surface area contributed by atoms with E-state index >= 15 is 0 Å². The van der Waals surface area contributed by atoms with Crippen LogP contribution in [0.25, 0.3) is 0 Å². The van der Waals surface area contributed by atoms with Gasteiger partial charge in [0.2, 0.25) is 0 Å². The first-order valence-corrected chi connectivity index (χ1v) is 9.29. The van der Waals surface area contributed by atoms with Gasteiger partial charge in [0.05, 0.1) is 25.4 Å². The zero-order valence-electron chi connectivity index (χ0n) is 15.3. The minimum atomic E-state index is -1.12. The van der Waals surface area contributed by atoms with E-state index in [0.717, 1.165) is 0 Å². The summed E-state index contributed by atoms with van der Waals surface area (Å²) in [6.45, 7) is -0.786. The fourth-order valence-electron chi connectivity index (χ4n) is 3.43. The summed E-state index contributed by atoms with van der Waals surface area (Å²) in [7, 11) is 0. The Bertz CT molecular complexity index is 565. The monoisotopic (exact) mass is 400 g/mol. The van der Waals surface area contributed by atoms with Crippen LogP contribution in [0.15, 0.2) is 24.3 Å². The van der Waals surface area contributed by atoms with Crippen LogP contribution >= 0.6 is 0 Å². The van der Waals surface area contributed by atoms with Gasteiger partial charge >= 0.3 is 0 Å². The lowest BCUT2D eigenvalue weighted by Gasteiger charge is -2.37. The molecule has 0 bridgehead atoms. The molecule has 0 aromatic heterocycles. The number of hydrogen-bond donors (Lipinski definition) is 8. The van der Waals surface area contributed by atoms with Crippen LogP contribution in [0, 0.1) is 0 Å². The summed E-state index contributed by atoms with van der Waals surface area (Å²) in [4.78, 5) is 0. The molecule has 0 amide bonds. The Labute approximate surface area is 162 Å². The topological polar surface area (TPSA) is 164 Å². The summed E-state index contributed by atoms with van der Waals surface area (Å²) in [6.07, 6.45) is -6.70. The van der Waals surface area contributed by atoms with Crippen molar-refractivity contribution in [2.24, 2.45) is 0 Å². The van der Waals surface area contributed by atoms with E-state index in [9.17, 15) is 30.6 Å². The summed E-state index contributed by atoms with van der Waals surface area (Å²) in [5.74, 6) is 0. The average molecular weight is 400 g/mol. The molecule has 2 heterocycles. The molecule has 2 fully saturated rings. The number of anilines is 2. The van der Waals surface area contributed by atoms with Crippen molar-refractivity contribution in [3.63, 3.8) is 0 Å². The van der Waals surface area contributed by atoms with Crippen molar-refractivity contribution in [1.29, 1.82) is 0 Å². The lowest BCUT2D eigenvalue weighted by molar-refractivity contribution is -0.172. The molecule has 1 aromatic carbocycles. The number of aliphatic hydroxyl groups excluding tert-OH is 6. The minimum Gasteiger partial charge on any atom is -0.394 e. The van der Waals surface area contributed by atoms with Gasteiger partial charge in [0.15, 0.2) is 0 Å². The molecule has 158 valence electrons. The first-order chi connectivity index (χ1) is 13.4. The van der Waals surface area contributed by atoms with Crippen LogP contribution in [0.1, 0.15) is 12.8 Å². The Kier molecular flexibility index (Phi) is 7.07. The smallest absolute Gasteiger partial charge is 0.130 e. The Morgan fingerprint density at radius 1 is 0.714 bits per heavy atom. The molecule has 1 aromatic rings. The second kappa shape index (κ2) is 9.33. The quantitative estimate of drug-likeness (QED) is 0.272. The normalized spacial score (nSPS) is 38.8. The molecule has 2 aliphatic rings. The van der Waals surface area contributed by atoms with Crippen LogP contribution in [0.3, 0.4) is 0 Å². The van der Waals surface area contributed by atoms with E-state index in [-0.39, 0.29) is 12.8 Å². The Balaban J connectivity index is 1.55. The highest BCUT2D eigenvalue weighted by molar-refractivity contribution is 5.54. The van der Waals surface area contributed by atoms with Crippen molar-refractivity contribution in [2.45, 2.75) is 61.9 Å². The Morgan fingerprint density at radius 3 is 1.39 bits per heavy atom. The van der Waals surface area contributed by atoms with E-state index < -0.39 is 62.3 Å². The second-order valence-corrected chi connectivity index (χ2v) is 7.14.